The van der Waals surface area contributed by atoms with Gasteiger partial charge in [0, 0.05) is 21.9 Å². The first-order chi connectivity index (χ1) is 24.6. The fourth-order valence-electron chi connectivity index (χ4n) is 7.49. The van der Waals surface area contributed by atoms with Crippen molar-refractivity contribution < 1.29 is 9.90 Å². The molecule has 2 heterocycles. The molecule has 0 bridgehead atoms. The van der Waals surface area contributed by atoms with E-state index in [2.05, 4.69) is 59.2 Å². The summed E-state index contributed by atoms with van der Waals surface area (Å²) in [6.07, 6.45) is -1.19. The third-order valence-electron chi connectivity index (χ3n) is 9.72. The third-order valence-corrected chi connectivity index (χ3v) is 9.72. The van der Waals surface area contributed by atoms with Crippen molar-refractivity contribution >= 4 is 33.4 Å². The smallest absolute Gasteiger partial charge is 0.263 e. The second kappa shape index (κ2) is 11.7. The number of hydrogen-bond acceptors (Lipinski definition) is 3. The number of nitrogens with zero attached hydrogens (tertiary/aromatic N) is 3. The Labute approximate surface area is 289 Å². The fraction of sp³-hybridized carbons (Fsp3) is 0.0222. The third kappa shape index (κ3) is 4.55. The van der Waals surface area contributed by atoms with Gasteiger partial charge in [0.05, 0.1) is 39.6 Å². The van der Waals surface area contributed by atoms with Crippen LogP contribution in [0.25, 0.3) is 60.9 Å². The number of nitriles is 1. The van der Waals surface area contributed by atoms with Crippen LogP contribution >= 0.6 is 0 Å². The molecule has 8 aromatic rings. The molecule has 9 rings (SSSR count). The predicted octanol–water partition coefficient (Wildman–Crippen LogP) is 10.3. The van der Waals surface area contributed by atoms with Crippen LogP contribution in [0.15, 0.2) is 164 Å². The summed E-state index contributed by atoms with van der Waals surface area (Å²) < 4.78 is 2.13. The molecule has 0 saturated carbocycles. The molecule has 0 spiro atoms. The van der Waals surface area contributed by atoms with Gasteiger partial charge in [-0.3, -0.25) is 9.69 Å². The second-order valence-electron chi connectivity index (χ2n) is 12.5. The Balaban J connectivity index is 1.26. The molecule has 1 aromatic heterocycles. The summed E-state index contributed by atoms with van der Waals surface area (Å²) in [5.74, 6) is -0.269. The first kappa shape index (κ1) is 29.4. The Kier molecular flexibility index (Phi) is 6.91. The van der Waals surface area contributed by atoms with Crippen LogP contribution in [0, 0.1) is 11.3 Å². The molecule has 0 fully saturated rings. The highest BCUT2D eigenvalue weighted by Gasteiger charge is 2.40. The zero-order valence-electron chi connectivity index (χ0n) is 26.9. The number of hydrogen-bond donors (Lipinski definition) is 1. The van der Waals surface area contributed by atoms with E-state index >= 15 is 0 Å². The van der Waals surface area contributed by atoms with Crippen LogP contribution in [-0.4, -0.2) is 15.6 Å². The van der Waals surface area contributed by atoms with Gasteiger partial charge in [-0.25, -0.2) is 0 Å². The Morgan fingerprint density at radius 3 is 1.98 bits per heavy atom. The Morgan fingerprint density at radius 2 is 1.18 bits per heavy atom. The van der Waals surface area contributed by atoms with Crippen LogP contribution in [0.2, 0.25) is 0 Å². The standard InChI is InChI=1S/C45H29N3O2/c46-28-29-12-9-17-32(26-29)33-24-25-36-35-18-7-8-21-38(35)47(41(36)27-33)40-23-11-20-37-43(40)45(50)48(44(37)49)39-22-10-19-34(30-13-3-1-4-14-30)42(39)31-15-5-2-6-16-31/h1-27,44,49H. The van der Waals surface area contributed by atoms with Crippen LogP contribution in [0.4, 0.5) is 5.69 Å². The highest BCUT2D eigenvalue weighted by molar-refractivity contribution is 6.17. The van der Waals surface area contributed by atoms with Gasteiger partial charge in [-0.05, 0) is 64.2 Å². The number of aliphatic hydroxyl groups excluding tert-OH is 1. The summed E-state index contributed by atoms with van der Waals surface area (Å²) in [6.45, 7) is 0. The van der Waals surface area contributed by atoms with Crippen molar-refractivity contribution in [3.8, 4) is 45.1 Å². The van der Waals surface area contributed by atoms with Gasteiger partial charge in [0.2, 0.25) is 0 Å². The maximum Gasteiger partial charge on any atom is 0.263 e. The number of carbonyl (C=O) groups excluding carboxylic acids is 1. The molecule has 1 N–H and O–H groups in total. The van der Waals surface area contributed by atoms with E-state index in [9.17, 15) is 15.2 Å². The van der Waals surface area contributed by atoms with Crippen molar-refractivity contribution in [3.05, 3.63) is 180 Å². The lowest BCUT2D eigenvalue weighted by Crippen LogP contribution is -2.28. The van der Waals surface area contributed by atoms with Crippen LogP contribution in [-0.2, 0) is 0 Å². The van der Waals surface area contributed by atoms with E-state index in [0.29, 0.717) is 28.1 Å². The lowest BCUT2D eigenvalue weighted by atomic mass is 9.92. The summed E-state index contributed by atoms with van der Waals surface area (Å²) in [4.78, 5) is 16.4. The van der Waals surface area contributed by atoms with Crippen LogP contribution in [0.3, 0.4) is 0 Å². The van der Waals surface area contributed by atoms with Gasteiger partial charge in [0.1, 0.15) is 0 Å². The van der Waals surface area contributed by atoms with Crippen molar-refractivity contribution in [1.29, 1.82) is 5.26 Å². The highest BCUT2D eigenvalue weighted by atomic mass is 16.3. The normalized spacial score (nSPS) is 13.9. The first-order valence-corrected chi connectivity index (χ1v) is 16.5. The van der Waals surface area contributed by atoms with Gasteiger partial charge >= 0.3 is 0 Å². The largest absolute Gasteiger partial charge is 0.369 e. The molecule has 1 amide bonds. The minimum atomic E-state index is -1.19. The molecule has 1 aliphatic heterocycles. The maximum atomic E-state index is 14.9. The topological polar surface area (TPSA) is 69.3 Å². The minimum absolute atomic E-state index is 0.269. The van der Waals surface area contributed by atoms with E-state index < -0.39 is 6.23 Å². The molecule has 1 unspecified atom stereocenters. The number of para-hydroxylation sites is 1. The Hall–Kier alpha value is -6.74. The molecule has 7 aromatic carbocycles. The lowest BCUT2D eigenvalue weighted by Gasteiger charge is -2.26. The van der Waals surface area contributed by atoms with Crippen molar-refractivity contribution in [2.75, 3.05) is 4.90 Å². The molecular formula is C45H29N3O2. The van der Waals surface area contributed by atoms with Crippen LogP contribution < -0.4 is 4.90 Å². The number of benzene rings is 7. The first-order valence-electron chi connectivity index (χ1n) is 16.5. The zero-order valence-corrected chi connectivity index (χ0v) is 26.9. The number of carbonyl (C=O) groups is 1. The molecule has 0 aliphatic carbocycles. The van der Waals surface area contributed by atoms with E-state index in [-0.39, 0.29) is 5.91 Å². The average molecular weight is 644 g/mol. The van der Waals surface area contributed by atoms with E-state index in [1.165, 1.54) is 4.90 Å². The van der Waals surface area contributed by atoms with Gasteiger partial charge < -0.3 is 9.67 Å². The van der Waals surface area contributed by atoms with Gasteiger partial charge in [-0.1, -0.05) is 127 Å². The molecule has 50 heavy (non-hydrogen) atoms. The molecule has 0 saturated heterocycles. The van der Waals surface area contributed by atoms with E-state index in [0.717, 1.165) is 55.2 Å². The number of aromatic nitrogens is 1. The fourth-order valence-corrected chi connectivity index (χ4v) is 7.49. The highest BCUT2D eigenvalue weighted by Crippen LogP contribution is 2.47. The zero-order chi connectivity index (χ0) is 33.8. The van der Waals surface area contributed by atoms with Gasteiger partial charge in [0.25, 0.3) is 5.91 Å². The summed E-state index contributed by atoms with van der Waals surface area (Å²) in [7, 11) is 0. The number of fused-ring (bicyclic) bond motifs is 4. The summed E-state index contributed by atoms with van der Waals surface area (Å²) in [5.41, 5.74) is 10.6. The summed E-state index contributed by atoms with van der Waals surface area (Å²) >= 11 is 0. The number of amides is 1. The SMILES string of the molecule is N#Cc1cccc(-c2ccc3c4ccccc4n(-c4cccc5c4C(=O)N(c4cccc(-c6ccccc6)c4-c4ccccc4)C5O)c3c2)c1. The van der Waals surface area contributed by atoms with E-state index in [4.69, 9.17) is 0 Å². The molecular weight excluding hydrogens is 615 g/mol. The molecule has 5 heteroatoms. The quantitative estimate of drug-likeness (QED) is 0.203. The van der Waals surface area contributed by atoms with Crippen LogP contribution in [0.1, 0.15) is 27.7 Å². The van der Waals surface area contributed by atoms with Gasteiger partial charge in [-0.2, -0.15) is 5.26 Å². The molecule has 236 valence electrons. The van der Waals surface area contributed by atoms with E-state index in [1.54, 1.807) is 6.07 Å². The van der Waals surface area contributed by atoms with Crippen LogP contribution in [0.5, 0.6) is 0 Å². The second-order valence-corrected chi connectivity index (χ2v) is 12.5. The number of rotatable bonds is 5. The number of anilines is 1. The number of aliphatic hydroxyl groups is 1. The van der Waals surface area contributed by atoms with Crippen molar-refractivity contribution in [3.63, 3.8) is 0 Å². The van der Waals surface area contributed by atoms with Gasteiger partial charge in [0.15, 0.2) is 6.23 Å². The monoisotopic (exact) mass is 643 g/mol. The molecule has 1 atom stereocenters. The average Bonchev–Trinajstić information content (AvgIpc) is 3.65. The summed E-state index contributed by atoms with van der Waals surface area (Å²) in [6, 6.07) is 56.1. The summed E-state index contributed by atoms with van der Waals surface area (Å²) in [5, 5.41) is 23.7. The predicted molar refractivity (Wildman–Crippen MR) is 200 cm³/mol. The lowest BCUT2D eigenvalue weighted by molar-refractivity contribution is 0.0935. The minimum Gasteiger partial charge on any atom is -0.369 e. The molecule has 5 nitrogen and oxygen atoms in total. The Morgan fingerprint density at radius 1 is 0.540 bits per heavy atom. The molecule has 1 aliphatic rings. The van der Waals surface area contributed by atoms with Crippen molar-refractivity contribution in [1.82, 2.24) is 4.57 Å². The van der Waals surface area contributed by atoms with Crippen molar-refractivity contribution in [2.45, 2.75) is 6.23 Å². The Bertz CT molecular complexity index is 2650. The molecule has 0 radical (unpaired) electrons. The maximum absolute atomic E-state index is 14.9. The van der Waals surface area contributed by atoms with Crippen molar-refractivity contribution in [2.24, 2.45) is 0 Å². The van der Waals surface area contributed by atoms with Gasteiger partial charge in [-0.15, -0.1) is 0 Å². The van der Waals surface area contributed by atoms with E-state index in [1.807, 2.05) is 109 Å².